The summed E-state index contributed by atoms with van der Waals surface area (Å²) in [5.74, 6) is 0.195. The largest absolute Gasteiger partial charge is 0.417 e. The van der Waals surface area contributed by atoms with Crippen LogP contribution in [-0.4, -0.2) is 65.9 Å². The molecule has 0 aliphatic carbocycles. The van der Waals surface area contributed by atoms with Crippen LogP contribution in [0, 0.1) is 5.92 Å². The lowest BCUT2D eigenvalue weighted by Crippen LogP contribution is -2.53. The predicted molar refractivity (Wildman–Crippen MR) is 131 cm³/mol. The number of amides is 2. The number of piperidine rings is 1. The molecule has 0 radical (unpaired) electrons. The van der Waals surface area contributed by atoms with Gasteiger partial charge in [-0.3, -0.25) is 9.59 Å². The fraction of sp³-hybridized carbons (Fsp3) is 0.370. The number of rotatable bonds is 3. The lowest BCUT2D eigenvalue weighted by atomic mass is 9.95. The number of benzene rings is 2. The summed E-state index contributed by atoms with van der Waals surface area (Å²) in [5, 5.41) is 1.92. The van der Waals surface area contributed by atoms with E-state index < -0.39 is 11.7 Å². The quantitative estimate of drug-likeness (QED) is 0.538. The maximum absolute atomic E-state index is 13.4. The molecule has 2 aliphatic heterocycles. The molecule has 1 atom stereocenters. The highest BCUT2D eigenvalue weighted by Gasteiger charge is 2.34. The van der Waals surface area contributed by atoms with E-state index in [1.165, 1.54) is 6.07 Å². The van der Waals surface area contributed by atoms with Crippen LogP contribution in [0.2, 0.25) is 0 Å². The molecule has 3 heterocycles. The Morgan fingerprint density at radius 1 is 0.861 bits per heavy atom. The first kappa shape index (κ1) is 24.1. The number of anilines is 1. The molecule has 0 saturated carbocycles. The Morgan fingerprint density at radius 2 is 1.61 bits per heavy atom. The zero-order valence-corrected chi connectivity index (χ0v) is 19.7. The molecule has 5 rings (SSSR count). The molecule has 6 nitrogen and oxygen atoms in total. The number of nitrogens with zero attached hydrogens (tertiary/aromatic N) is 4. The van der Waals surface area contributed by atoms with Gasteiger partial charge in [-0.05, 0) is 41.8 Å². The van der Waals surface area contributed by atoms with Crippen LogP contribution in [0.4, 0.5) is 19.0 Å². The molecule has 188 valence electrons. The highest BCUT2D eigenvalue weighted by molar-refractivity contribution is 6.07. The van der Waals surface area contributed by atoms with Crippen molar-refractivity contribution in [2.45, 2.75) is 19.0 Å². The van der Waals surface area contributed by atoms with Crippen molar-refractivity contribution in [1.29, 1.82) is 0 Å². The second-order valence-corrected chi connectivity index (χ2v) is 9.33. The smallest absolute Gasteiger partial charge is 0.353 e. The Morgan fingerprint density at radius 3 is 2.33 bits per heavy atom. The summed E-state index contributed by atoms with van der Waals surface area (Å²) in [6.07, 6.45) is -2.07. The van der Waals surface area contributed by atoms with E-state index in [9.17, 15) is 22.8 Å². The molecule has 2 saturated heterocycles. The summed E-state index contributed by atoms with van der Waals surface area (Å²) in [6.45, 7) is 2.94. The molecule has 0 bridgehead atoms. The molecule has 3 aromatic rings. The van der Waals surface area contributed by atoms with Crippen molar-refractivity contribution in [3.63, 3.8) is 0 Å². The van der Waals surface area contributed by atoms with Crippen LogP contribution in [0.15, 0.2) is 60.8 Å². The Kier molecular flexibility index (Phi) is 6.55. The van der Waals surface area contributed by atoms with E-state index in [0.717, 1.165) is 35.9 Å². The van der Waals surface area contributed by atoms with Crippen LogP contribution in [0.5, 0.6) is 0 Å². The van der Waals surface area contributed by atoms with Gasteiger partial charge in [-0.2, -0.15) is 13.2 Å². The number of hydrogen-bond donors (Lipinski definition) is 0. The maximum Gasteiger partial charge on any atom is 0.417 e. The molecular weight excluding hydrogens is 469 g/mol. The van der Waals surface area contributed by atoms with Crippen molar-refractivity contribution in [2.75, 3.05) is 44.2 Å². The van der Waals surface area contributed by atoms with Crippen LogP contribution < -0.4 is 4.90 Å². The van der Waals surface area contributed by atoms with Crippen molar-refractivity contribution in [2.24, 2.45) is 5.92 Å². The SMILES string of the molecule is O=C(c1cccc2ccccc12)N1CCCC(C(=O)N2CCN(c3ccc(C(F)(F)F)cn3)CC2)C1. The monoisotopic (exact) mass is 496 g/mol. The Balaban J connectivity index is 1.20. The van der Waals surface area contributed by atoms with E-state index in [2.05, 4.69) is 4.98 Å². The van der Waals surface area contributed by atoms with Gasteiger partial charge in [0.2, 0.25) is 5.91 Å². The maximum atomic E-state index is 13.4. The standard InChI is InChI=1S/C27H27F3N4O2/c28-27(29,30)21-10-11-24(31-17-21)32-13-15-33(16-14-32)25(35)20-7-4-12-34(18-20)26(36)23-9-3-6-19-5-1-2-8-22(19)23/h1-3,5-6,8-11,17,20H,4,7,12-16,18H2. The molecule has 2 aromatic carbocycles. The fourth-order valence-electron chi connectivity index (χ4n) is 5.10. The van der Waals surface area contributed by atoms with Crippen molar-refractivity contribution in [1.82, 2.24) is 14.8 Å². The topological polar surface area (TPSA) is 56.8 Å². The molecule has 2 amide bonds. The van der Waals surface area contributed by atoms with Crippen LogP contribution in [0.25, 0.3) is 10.8 Å². The molecule has 1 aromatic heterocycles. The summed E-state index contributed by atoms with van der Waals surface area (Å²) < 4.78 is 38.4. The second kappa shape index (κ2) is 9.79. The van der Waals surface area contributed by atoms with Crippen LogP contribution in [0.1, 0.15) is 28.8 Å². The van der Waals surface area contributed by atoms with Gasteiger partial charge in [0.1, 0.15) is 5.82 Å². The Hall–Kier alpha value is -3.62. The van der Waals surface area contributed by atoms with Gasteiger partial charge in [0.25, 0.3) is 5.91 Å². The number of likely N-dealkylation sites (tertiary alicyclic amines) is 1. The van der Waals surface area contributed by atoms with E-state index in [4.69, 9.17) is 0 Å². The van der Waals surface area contributed by atoms with Gasteiger partial charge < -0.3 is 14.7 Å². The zero-order valence-electron chi connectivity index (χ0n) is 19.7. The van der Waals surface area contributed by atoms with E-state index in [1.807, 2.05) is 47.4 Å². The third kappa shape index (κ3) is 4.87. The molecule has 2 fully saturated rings. The minimum absolute atomic E-state index is 0.0328. The number of halogens is 3. The van der Waals surface area contributed by atoms with E-state index in [-0.39, 0.29) is 17.7 Å². The number of piperazine rings is 1. The van der Waals surface area contributed by atoms with E-state index in [0.29, 0.717) is 50.6 Å². The summed E-state index contributed by atoms with van der Waals surface area (Å²) in [4.78, 5) is 36.1. The lowest BCUT2D eigenvalue weighted by molar-refractivity contribution is -0.138. The zero-order chi connectivity index (χ0) is 25.3. The molecule has 36 heavy (non-hydrogen) atoms. The van der Waals surface area contributed by atoms with Crippen molar-refractivity contribution >= 4 is 28.4 Å². The van der Waals surface area contributed by atoms with Crippen LogP contribution >= 0.6 is 0 Å². The molecule has 9 heteroatoms. The van der Waals surface area contributed by atoms with Gasteiger partial charge in [0.05, 0.1) is 11.5 Å². The van der Waals surface area contributed by atoms with Gasteiger partial charge in [-0.15, -0.1) is 0 Å². The first-order chi connectivity index (χ1) is 17.3. The van der Waals surface area contributed by atoms with Crippen LogP contribution in [0.3, 0.4) is 0 Å². The third-order valence-corrected chi connectivity index (χ3v) is 7.07. The average molecular weight is 497 g/mol. The number of fused-ring (bicyclic) bond motifs is 1. The van der Waals surface area contributed by atoms with Gasteiger partial charge in [-0.1, -0.05) is 36.4 Å². The third-order valence-electron chi connectivity index (χ3n) is 7.07. The fourth-order valence-corrected chi connectivity index (χ4v) is 5.10. The predicted octanol–water partition coefficient (Wildman–Crippen LogP) is 4.45. The lowest BCUT2D eigenvalue weighted by Gasteiger charge is -2.39. The molecule has 2 aliphatic rings. The minimum atomic E-state index is -4.42. The number of carbonyl (C=O) groups is 2. The van der Waals surface area contributed by atoms with Crippen molar-refractivity contribution < 1.29 is 22.8 Å². The average Bonchev–Trinajstić information content (AvgIpc) is 2.91. The van der Waals surface area contributed by atoms with Gasteiger partial charge in [-0.25, -0.2) is 4.98 Å². The molecule has 0 N–H and O–H groups in total. The highest BCUT2D eigenvalue weighted by atomic mass is 19.4. The van der Waals surface area contributed by atoms with Gasteiger partial charge >= 0.3 is 6.18 Å². The molecular formula is C27H27F3N4O2. The van der Waals surface area contributed by atoms with Crippen molar-refractivity contribution in [3.05, 3.63) is 71.9 Å². The molecule has 0 spiro atoms. The number of alkyl halides is 3. The second-order valence-electron chi connectivity index (χ2n) is 9.33. The summed E-state index contributed by atoms with van der Waals surface area (Å²) >= 11 is 0. The minimum Gasteiger partial charge on any atom is -0.353 e. The van der Waals surface area contributed by atoms with Crippen molar-refractivity contribution in [3.8, 4) is 0 Å². The van der Waals surface area contributed by atoms with E-state index >= 15 is 0 Å². The molecule has 1 unspecified atom stereocenters. The van der Waals surface area contributed by atoms with E-state index in [1.54, 1.807) is 9.80 Å². The normalized spacial score (nSPS) is 19.0. The van der Waals surface area contributed by atoms with Gasteiger partial charge in [0, 0.05) is 51.0 Å². The summed E-state index contributed by atoms with van der Waals surface area (Å²) in [7, 11) is 0. The Bertz CT molecular complexity index is 1250. The Labute approximate surface area is 207 Å². The number of pyridine rings is 1. The number of hydrogen-bond acceptors (Lipinski definition) is 4. The summed E-state index contributed by atoms with van der Waals surface area (Å²) in [5.41, 5.74) is -0.126. The number of carbonyl (C=O) groups excluding carboxylic acids is 2. The number of aromatic nitrogens is 1. The van der Waals surface area contributed by atoms with Gasteiger partial charge in [0.15, 0.2) is 0 Å². The summed E-state index contributed by atoms with van der Waals surface area (Å²) in [6, 6.07) is 15.9. The van der Waals surface area contributed by atoms with Crippen LogP contribution in [-0.2, 0) is 11.0 Å². The first-order valence-electron chi connectivity index (χ1n) is 12.2. The highest BCUT2D eigenvalue weighted by Crippen LogP contribution is 2.30. The first-order valence-corrected chi connectivity index (χ1v) is 12.2.